The highest BCUT2D eigenvalue weighted by molar-refractivity contribution is 7.84. The van der Waals surface area contributed by atoms with E-state index in [-0.39, 0.29) is 0 Å². The van der Waals surface area contributed by atoms with Crippen LogP contribution < -0.4 is 0 Å². The van der Waals surface area contributed by atoms with Crippen molar-refractivity contribution < 1.29 is 13.7 Å². The van der Waals surface area contributed by atoms with Crippen molar-refractivity contribution >= 4 is 10.8 Å². The van der Waals surface area contributed by atoms with Gasteiger partial charge < -0.3 is 9.47 Å². The normalized spacial score (nSPS) is 12.7. The monoisotopic (exact) mass is 320 g/mol. The van der Waals surface area contributed by atoms with Crippen LogP contribution >= 0.6 is 0 Å². The Morgan fingerprint density at radius 2 is 1.14 bits per heavy atom. The van der Waals surface area contributed by atoms with Gasteiger partial charge in [-0.15, -0.1) is 0 Å². The first-order valence-corrected chi connectivity index (χ1v) is 10.5. The highest BCUT2D eigenvalue weighted by Crippen LogP contribution is 2.10. The molecule has 1 unspecified atom stereocenters. The van der Waals surface area contributed by atoms with Crippen molar-refractivity contribution in [3.63, 3.8) is 0 Å². The van der Waals surface area contributed by atoms with Crippen LogP contribution in [0.15, 0.2) is 0 Å². The van der Waals surface area contributed by atoms with Crippen LogP contribution in [0, 0.1) is 0 Å². The van der Waals surface area contributed by atoms with Crippen molar-refractivity contribution in [2.45, 2.75) is 71.1 Å². The zero-order valence-corrected chi connectivity index (χ0v) is 15.1. The Hall–Kier alpha value is 0.0700. The Morgan fingerprint density at radius 3 is 1.67 bits per heavy atom. The quantitative estimate of drug-likeness (QED) is 0.374. The van der Waals surface area contributed by atoms with Gasteiger partial charge >= 0.3 is 0 Å². The molecular formula is C17H36O3S. The summed E-state index contributed by atoms with van der Waals surface area (Å²) in [6, 6.07) is 0. The Kier molecular flexibility index (Phi) is 18.2. The van der Waals surface area contributed by atoms with E-state index in [1.54, 1.807) is 6.26 Å². The van der Waals surface area contributed by atoms with Gasteiger partial charge in [-0.3, -0.25) is 4.21 Å². The molecule has 0 saturated carbocycles. The van der Waals surface area contributed by atoms with Crippen LogP contribution in [-0.2, 0) is 20.3 Å². The molecule has 1 atom stereocenters. The molecule has 0 spiro atoms. The van der Waals surface area contributed by atoms with E-state index in [1.165, 1.54) is 57.8 Å². The molecule has 128 valence electrons. The molecule has 0 aromatic carbocycles. The third-order valence-corrected chi connectivity index (χ3v) is 4.27. The lowest BCUT2D eigenvalue weighted by molar-refractivity contribution is 0.0520. The molecule has 0 bridgehead atoms. The molecule has 0 rings (SSSR count). The van der Waals surface area contributed by atoms with Gasteiger partial charge in [0.2, 0.25) is 0 Å². The average Bonchev–Trinajstić information content (AvgIpc) is 2.46. The van der Waals surface area contributed by atoms with Crippen molar-refractivity contribution in [1.82, 2.24) is 0 Å². The van der Waals surface area contributed by atoms with E-state index in [0.29, 0.717) is 25.6 Å². The molecule has 0 aromatic heterocycles. The third-order valence-electron chi connectivity index (χ3n) is 3.53. The van der Waals surface area contributed by atoms with Crippen LogP contribution in [-0.4, -0.2) is 42.6 Å². The van der Waals surface area contributed by atoms with Crippen LogP contribution in [0.2, 0.25) is 0 Å². The minimum atomic E-state index is -0.749. The molecule has 0 amide bonds. The van der Waals surface area contributed by atoms with Crippen LogP contribution in [0.3, 0.4) is 0 Å². The van der Waals surface area contributed by atoms with E-state index in [0.717, 1.165) is 13.0 Å². The van der Waals surface area contributed by atoms with Crippen LogP contribution in [0.4, 0.5) is 0 Å². The first-order chi connectivity index (χ1) is 10.3. The van der Waals surface area contributed by atoms with Crippen molar-refractivity contribution in [2.75, 3.05) is 38.4 Å². The lowest BCUT2D eigenvalue weighted by Crippen LogP contribution is -2.10. The first kappa shape index (κ1) is 21.1. The van der Waals surface area contributed by atoms with Gasteiger partial charge in [0.1, 0.15) is 0 Å². The molecule has 0 N–H and O–H groups in total. The van der Waals surface area contributed by atoms with Crippen molar-refractivity contribution in [3.8, 4) is 0 Å². The summed E-state index contributed by atoms with van der Waals surface area (Å²) in [7, 11) is -0.749. The van der Waals surface area contributed by atoms with Crippen LogP contribution in [0.25, 0.3) is 0 Å². The molecule has 0 radical (unpaired) electrons. The molecule has 0 aromatic rings. The highest BCUT2D eigenvalue weighted by atomic mass is 32.2. The maximum atomic E-state index is 10.8. The maximum absolute atomic E-state index is 10.8. The summed E-state index contributed by atoms with van der Waals surface area (Å²) < 4.78 is 21.6. The second-order valence-corrected chi connectivity index (χ2v) is 7.24. The molecule has 0 aliphatic carbocycles. The molecule has 3 nitrogen and oxygen atoms in total. The van der Waals surface area contributed by atoms with E-state index >= 15 is 0 Å². The first-order valence-electron chi connectivity index (χ1n) is 8.73. The molecule has 0 saturated heterocycles. The van der Waals surface area contributed by atoms with E-state index in [9.17, 15) is 4.21 Å². The summed E-state index contributed by atoms with van der Waals surface area (Å²) in [4.78, 5) is 0. The minimum absolute atomic E-state index is 0.574. The number of ether oxygens (including phenoxy) is 2. The maximum Gasteiger partial charge on any atom is 0.0700 e. The fraction of sp³-hybridized carbons (Fsp3) is 1.00. The number of rotatable bonds is 17. The minimum Gasteiger partial charge on any atom is -0.379 e. The molecule has 4 heteroatoms. The molecule has 0 aliphatic rings. The van der Waals surface area contributed by atoms with E-state index in [1.807, 2.05) is 0 Å². The Labute approximate surface area is 134 Å². The number of hydrogen-bond acceptors (Lipinski definition) is 3. The van der Waals surface area contributed by atoms with Crippen molar-refractivity contribution in [2.24, 2.45) is 0 Å². The average molecular weight is 321 g/mol. The predicted octanol–water partition coefficient (Wildman–Crippen LogP) is 4.32. The van der Waals surface area contributed by atoms with Gasteiger partial charge in [0.25, 0.3) is 0 Å². The van der Waals surface area contributed by atoms with Gasteiger partial charge in [0.05, 0.1) is 19.8 Å². The Morgan fingerprint density at radius 1 is 0.667 bits per heavy atom. The van der Waals surface area contributed by atoms with Gasteiger partial charge in [-0.25, -0.2) is 0 Å². The summed E-state index contributed by atoms with van der Waals surface area (Å²) in [6.45, 7) is 4.97. The molecule has 21 heavy (non-hydrogen) atoms. The van der Waals surface area contributed by atoms with Crippen LogP contribution in [0.1, 0.15) is 71.1 Å². The summed E-state index contributed by atoms with van der Waals surface area (Å²) in [5, 5.41) is 0. The molecule has 0 aliphatic heterocycles. The summed E-state index contributed by atoms with van der Waals surface area (Å²) >= 11 is 0. The lowest BCUT2D eigenvalue weighted by Gasteiger charge is -2.05. The summed E-state index contributed by atoms with van der Waals surface area (Å²) in [6.07, 6.45) is 15.3. The second-order valence-electron chi connectivity index (χ2n) is 5.68. The van der Waals surface area contributed by atoms with Gasteiger partial charge in [-0.2, -0.15) is 0 Å². The van der Waals surface area contributed by atoms with Crippen molar-refractivity contribution in [1.29, 1.82) is 0 Å². The zero-order chi connectivity index (χ0) is 15.6. The van der Waals surface area contributed by atoms with Crippen molar-refractivity contribution in [3.05, 3.63) is 0 Å². The smallest absolute Gasteiger partial charge is 0.0700 e. The number of hydrogen-bond donors (Lipinski definition) is 0. The highest BCUT2D eigenvalue weighted by Gasteiger charge is 1.94. The van der Waals surface area contributed by atoms with E-state index in [4.69, 9.17) is 9.47 Å². The van der Waals surface area contributed by atoms with Gasteiger partial charge in [-0.05, 0) is 6.42 Å². The van der Waals surface area contributed by atoms with Gasteiger partial charge in [0, 0.05) is 29.4 Å². The Balaban J connectivity index is 2.95. The predicted molar refractivity (Wildman–Crippen MR) is 92.4 cm³/mol. The SMILES string of the molecule is CCCCCCCCCCCCOCCOCCS(C)=O. The van der Waals surface area contributed by atoms with Gasteiger partial charge in [0.15, 0.2) is 0 Å². The fourth-order valence-electron chi connectivity index (χ4n) is 2.19. The standard InChI is InChI=1S/C17H36O3S/c1-3-4-5-6-7-8-9-10-11-12-13-19-14-15-20-16-17-21(2)18/h3-17H2,1-2H3. The second kappa shape index (κ2) is 18.1. The van der Waals surface area contributed by atoms with E-state index in [2.05, 4.69) is 6.92 Å². The summed E-state index contributed by atoms with van der Waals surface area (Å²) in [5.41, 5.74) is 0. The molecular weight excluding hydrogens is 284 g/mol. The third kappa shape index (κ3) is 20.1. The van der Waals surface area contributed by atoms with E-state index < -0.39 is 10.8 Å². The Bertz CT molecular complexity index is 222. The lowest BCUT2D eigenvalue weighted by atomic mass is 10.1. The molecule has 0 heterocycles. The van der Waals surface area contributed by atoms with Crippen LogP contribution in [0.5, 0.6) is 0 Å². The largest absolute Gasteiger partial charge is 0.379 e. The number of unbranched alkanes of at least 4 members (excludes halogenated alkanes) is 9. The topological polar surface area (TPSA) is 35.5 Å². The zero-order valence-electron chi connectivity index (χ0n) is 14.2. The fourth-order valence-corrected chi connectivity index (χ4v) is 2.54. The summed E-state index contributed by atoms with van der Waals surface area (Å²) in [5.74, 6) is 0.623. The van der Waals surface area contributed by atoms with Gasteiger partial charge in [-0.1, -0.05) is 64.7 Å². The molecule has 0 fully saturated rings.